The number of aromatic nitrogens is 2. The van der Waals surface area contributed by atoms with E-state index in [2.05, 4.69) is 19.4 Å². The first-order valence-electron chi connectivity index (χ1n) is 18.0. The van der Waals surface area contributed by atoms with Gasteiger partial charge in [0.1, 0.15) is 11.4 Å². The first-order chi connectivity index (χ1) is 26.8. The summed E-state index contributed by atoms with van der Waals surface area (Å²) in [5.74, 6) is -0.566. The Kier molecular flexibility index (Phi) is 15.8. The molecule has 2 aromatic carbocycles. The van der Waals surface area contributed by atoms with E-state index in [0.717, 1.165) is 0 Å². The number of pyridine rings is 2. The highest BCUT2D eigenvalue weighted by molar-refractivity contribution is 7.89. The molecule has 12 nitrogen and oxygen atoms in total. The highest BCUT2D eigenvalue weighted by atomic mass is 35.5. The van der Waals surface area contributed by atoms with Gasteiger partial charge in [0.2, 0.25) is 20.0 Å². The molecule has 2 aliphatic heterocycles. The Labute approximate surface area is 336 Å². The number of ether oxygens (including phenoxy) is 4. The van der Waals surface area contributed by atoms with Crippen molar-refractivity contribution < 1.29 is 44.6 Å². The SMILES string of the molecule is CCS(=O)(=O)NC1CCOCC1COc1ccc(-c2ccc(Cl)cn2)cc1F.CCS(=O)(=O)N[C@H]1CCOC[C@@H]1COc1ccc(-c2ncc(Cl)cc2F)cc1. The van der Waals surface area contributed by atoms with Crippen LogP contribution >= 0.6 is 23.2 Å². The molecule has 4 atom stereocenters. The summed E-state index contributed by atoms with van der Waals surface area (Å²) in [5, 5.41) is 0.747. The van der Waals surface area contributed by atoms with Crippen molar-refractivity contribution in [1.82, 2.24) is 19.4 Å². The zero-order valence-corrected chi connectivity index (χ0v) is 33.9. The van der Waals surface area contributed by atoms with Crippen LogP contribution in [0.5, 0.6) is 11.5 Å². The van der Waals surface area contributed by atoms with Gasteiger partial charge in [0.05, 0.1) is 53.7 Å². The Morgan fingerprint density at radius 3 is 1.82 bits per heavy atom. The maximum atomic E-state index is 14.5. The van der Waals surface area contributed by atoms with Crippen molar-refractivity contribution in [3.63, 3.8) is 0 Å². The van der Waals surface area contributed by atoms with Gasteiger partial charge < -0.3 is 18.9 Å². The van der Waals surface area contributed by atoms with E-state index >= 15 is 0 Å². The smallest absolute Gasteiger partial charge is 0.211 e. The van der Waals surface area contributed by atoms with Gasteiger partial charge in [-0.05, 0) is 87.4 Å². The van der Waals surface area contributed by atoms with E-state index in [1.54, 1.807) is 56.3 Å². The summed E-state index contributed by atoms with van der Waals surface area (Å²) in [4.78, 5) is 8.19. The first-order valence-corrected chi connectivity index (χ1v) is 22.1. The van der Waals surface area contributed by atoms with Crippen molar-refractivity contribution in [1.29, 1.82) is 0 Å². The normalized spacial score (nSPS) is 20.1. The summed E-state index contributed by atoms with van der Waals surface area (Å²) in [6.45, 7) is 5.41. The quantitative estimate of drug-likeness (QED) is 0.143. The Hall–Kier alpha value is -3.48. The van der Waals surface area contributed by atoms with E-state index in [4.69, 9.17) is 42.1 Å². The van der Waals surface area contributed by atoms with Crippen LogP contribution in [0.25, 0.3) is 22.5 Å². The van der Waals surface area contributed by atoms with E-state index in [-0.39, 0.29) is 58.5 Å². The standard InChI is InChI=1S/2C19H22ClFN2O4S/c1-2-28(24,25)23-18-7-8-26-11-14(18)12-27-19-6-3-13(9-16(19)21)17-5-4-15(20)10-22-17;1-2-28(24,25)23-18-7-8-26-11-14(18)12-27-16-5-3-13(4-6-16)19-17(21)9-15(20)10-22-19/h2*3-6,9-10,14,18,23H,2,7-8,11-12H2,1H3/t;14-,18+/m.1/s1. The summed E-state index contributed by atoms with van der Waals surface area (Å²) in [7, 11) is -6.63. The molecule has 2 N–H and O–H groups in total. The Morgan fingerprint density at radius 2 is 1.29 bits per heavy atom. The molecule has 2 saturated heterocycles. The highest BCUT2D eigenvalue weighted by Gasteiger charge is 2.31. The molecule has 0 aliphatic carbocycles. The molecule has 2 fully saturated rings. The first kappa shape index (κ1) is 43.6. The molecular formula is C38H44Cl2F2N4O8S2. The predicted octanol–water partition coefficient (Wildman–Crippen LogP) is 6.53. The van der Waals surface area contributed by atoms with Crippen LogP contribution in [0.1, 0.15) is 26.7 Å². The van der Waals surface area contributed by atoms with Gasteiger partial charge in [0, 0.05) is 60.7 Å². The maximum Gasteiger partial charge on any atom is 0.211 e. The van der Waals surface area contributed by atoms with Crippen molar-refractivity contribution in [3.05, 3.63) is 94.7 Å². The molecule has 6 rings (SSSR count). The third kappa shape index (κ3) is 12.8. The number of hydrogen-bond donors (Lipinski definition) is 2. The number of halogens is 4. The number of nitrogens with one attached hydrogen (secondary N) is 2. The van der Waals surface area contributed by atoms with E-state index in [1.165, 1.54) is 30.6 Å². The highest BCUT2D eigenvalue weighted by Crippen LogP contribution is 2.28. The van der Waals surface area contributed by atoms with Crippen LogP contribution in [0.15, 0.2) is 73.1 Å². The van der Waals surface area contributed by atoms with Crippen molar-refractivity contribution in [2.24, 2.45) is 11.8 Å². The average molecular weight is 858 g/mol. The minimum absolute atomic E-state index is 0.00670. The van der Waals surface area contributed by atoms with Crippen LogP contribution in [0.3, 0.4) is 0 Å². The fourth-order valence-corrected chi connectivity index (χ4v) is 8.05. The largest absolute Gasteiger partial charge is 0.493 e. The predicted molar refractivity (Wildman–Crippen MR) is 211 cm³/mol. The zero-order chi connectivity index (χ0) is 40.3. The lowest BCUT2D eigenvalue weighted by atomic mass is 9.98. The monoisotopic (exact) mass is 856 g/mol. The molecule has 18 heteroatoms. The fourth-order valence-electron chi connectivity index (χ4n) is 5.92. The van der Waals surface area contributed by atoms with Gasteiger partial charge in [-0.15, -0.1) is 0 Å². The Balaban J connectivity index is 0.000000214. The van der Waals surface area contributed by atoms with Crippen LogP contribution in [-0.2, 0) is 29.5 Å². The lowest BCUT2D eigenvalue weighted by molar-refractivity contribution is 0.0180. The van der Waals surface area contributed by atoms with Crippen LogP contribution in [-0.4, -0.2) is 90.0 Å². The molecule has 0 saturated carbocycles. The molecule has 4 heterocycles. The van der Waals surface area contributed by atoms with Gasteiger partial charge in [0.25, 0.3) is 0 Å². The summed E-state index contributed by atoms with van der Waals surface area (Å²) in [6, 6.07) is 15.6. The molecule has 0 bridgehead atoms. The van der Waals surface area contributed by atoms with Gasteiger partial charge in [0.15, 0.2) is 17.4 Å². The van der Waals surface area contributed by atoms with Crippen molar-refractivity contribution >= 4 is 43.2 Å². The van der Waals surface area contributed by atoms with Crippen LogP contribution in [0, 0.1) is 23.5 Å². The number of benzene rings is 2. The van der Waals surface area contributed by atoms with E-state index in [0.29, 0.717) is 73.5 Å². The summed E-state index contributed by atoms with van der Waals surface area (Å²) < 4.78 is 104. The lowest BCUT2D eigenvalue weighted by Crippen LogP contribution is -2.48. The summed E-state index contributed by atoms with van der Waals surface area (Å²) in [6.07, 6.45) is 4.05. The summed E-state index contributed by atoms with van der Waals surface area (Å²) in [5.41, 5.74) is 2.03. The molecular weight excluding hydrogens is 813 g/mol. The van der Waals surface area contributed by atoms with Crippen LogP contribution < -0.4 is 18.9 Å². The Morgan fingerprint density at radius 1 is 0.714 bits per heavy atom. The number of sulfonamides is 2. The van der Waals surface area contributed by atoms with Crippen molar-refractivity contribution in [3.8, 4) is 34.0 Å². The number of nitrogens with zero attached hydrogens (tertiary/aromatic N) is 2. The van der Waals surface area contributed by atoms with Crippen molar-refractivity contribution in [2.75, 3.05) is 51.1 Å². The van der Waals surface area contributed by atoms with E-state index in [1.807, 2.05) is 0 Å². The van der Waals surface area contributed by atoms with Crippen LogP contribution in [0.2, 0.25) is 10.0 Å². The number of hydrogen-bond acceptors (Lipinski definition) is 10. The van der Waals surface area contributed by atoms with Crippen molar-refractivity contribution in [2.45, 2.75) is 38.8 Å². The van der Waals surface area contributed by atoms with Crippen LogP contribution in [0.4, 0.5) is 8.78 Å². The molecule has 56 heavy (non-hydrogen) atoms. The molecule has 0 spiro atoms. The minimum atomic E-state index is -3.33. The van der Waals surface area contributed by atoms with E-state index in [9.17, 15) is 25.6 Å². The topological polar surface area (TPSA) is 155 Å². The molecule has 0 amide bonds. The average Bonchev–Trinajstić information content (AvgIpc) is 3.18. The second-order valence-electron chi connectivity index (χ2n) is 13.1. The molecule has 2 aromatic heterocycles. The molecule has 4 aromatic rings. The second kappa shape index (κ2) is 20.3. The third-order valence-corrected chi connectivity index (χ3v) is 12.5. The lowest BCUT2D eigenvalue weighted by Gasteiger charge is -2.31. The van der Waals surface area contributed by atoms with Gasteiger partial charge in [-0.3, -0.25) is 9.97 Å². The summed E-state index contributed by atoms with van der Waals surface area (Å²) >= 11 is 11.6. The van der Waals surface area contributed by atoms with Gasteiger partial charge in [-0.1, -0.05) is 23.2 Å². The maximum absolute atomic E-state index is 14.5. The molecule has 2 unspecified atom stereocenters. The zero-order valence-electron chi connectivity index (χ0n) is 30.8. The molecule has 2 aliphatic rings. The van der Waals surface area contributed by atoms with Gasteiger partial charge >= 0.3 is 0 Å². The molecule has 0 radical (unpaired) electrons. The molecule has 304 valence electrons. The van der Waals surface area contributed by atoms with E-state index < -0.39 is 31.7 Å². The minimum Gasteiger partial charge on any atom is -0.493 e. The second-order valence-corrected chi connectivity index (χ2v) is 18.1. The van der Waals surface area contributed by atoms with Gasteiger partial charge in [-0.2, -0.15) is 0 Å². The third-order valence-electron chi connectivity index (χ3n) is 9.18. The fraction of sp³-hybridized carbons (Fsp3) is 0.421. The number of rotatable bonds is 14. The Bertz CT molecular complexity index is 2120. The van der Waals surface area contributed by atoms with Gasteiger partial charge in [-0.25, -0.2) is 35.1 Å².